The molecule has 1 amide bonds. The van der Waals surface area contributed by atoms with Crippen molar-refractivity contribution in [1.29, 1.82) is 0 Å². The van der Waals surface area contributed by atoms with Gasteiger partial charge in [0.25, 0.3) is 5.91 Å². The van der Waals surface area contributed by atoms with E-state index in [0.717, 1.165) is 24.4 Å². The molecule has 4 rings (SSSR count). The van der Waals surface area contributed by atoms with E-state index in [1.54, 1.807) is 16.8 Å². The standard InChI is InChI=1S/C18H23N5O3S/c1-11(2)16-20-17-15(4-3-9-23(17)21-16)22-27(25,26)13-6-5-12-7-8-19-18(24)14(12)10-13/h5-6,10-11,15,22H,3-4,7-9H2,1-2H3,(H,19,24). The Morgan fingerprint density at radius 3 is 2.93 bits per heavy atom. The lowest BCUT2D eigenvalue weighted by Gasteiger charge is -2.23. The second-order valence-electron chi connectivity index (χ2n) is 7.35. The van der Waals surface area contributed by atoms with Crippen molar-refractivity contribution in [2.24, 2.45) is 0 Å². The first-order valence-electron chi connectivity index (χ1n) is 9.23. The van der Waals surface area contributed by atoms with E-state index in [1.165, 1.54) is 6.07 Å². The number of fused-ring (bicyclic) bond motifs is 2. The van der Waals surface area contributed by atoms with Gasteiger partial charge in [-0.15, -0.1) is 0 Å². The third-order valence-corrected chi connectivity index (χ3v) is 6.49. The van der Waals surface area contributed by atoms with Gasteiger partial charge in [0.05, 0.1) is 10.9 Å². The number of nitrogens with one attached hydrogen (secondary N) is 2. The van der Waals surface area contributed by atoms with Crippen LogP contribution < -0.4 is 10.0 Å². The topological polar surface area (TPSA) is 106 Å². The van der Waals surface area contributed by atoms with E-state index in [9.17, 15) is 13.2 Å². The predicted octanol–water partition coefficient (Wildman–Crippen LogP) is 1.50. The van der Waals surface area contributed by atoms with Crippen LogP contribution in [0.4, 0.5) is 0 Å². The molecule has 27 heavy (non-hydrogen) atoms. The maximum atomic E-state index is 12.9. The lowest BCUT2D eigenvalue weighted by atomic mass is 10.0. The minimum absolute atomic E-state index is 0.0963. The maximum Gasteiger partial charge on any atom is 0.251 e. The summed E-state index contributed by atoms with van der Waals surface area (Å²) in [4.78, 5) is 16.7. The highest BCUT2D eigenvalue weighted by Gasteiger charge is 2.30. The van der Waals surface area contributed by atoms with Crippen LogP contribution in [0.25, 0.3) is 0 Å². The quantitative estimate of drug-likeness (QED) is 0.824. The summed E-state index contributed by atoms with van der Waals surface area (Å²) in [6, 6.07) is 4.32. The van der Waals surface area contributed by atoms with Crippen molar-refractivity contribution in [2.75, 3.05) is 6.54 Å². The summed E-state index contributed by atoms with van der Waals surface area (Å²) in [5, 5.41) is 7.24. The largest absolute Gasteiger partial charge is 0.352 e. The second kappa shape index (κ2) is 6.72. The number of nitrogens with zero attached hydrogens (tertiary/aromatic N) is 3. The third kappa shape index (κ3) is 3.37. The van der Waals surface area contributed by atoms with Gasteiger partial charge in [-0.05, 0) is 37.0 Å². The number of hydrogen-bond acceptors (Lipinski definition) is 5. The summed E-state index contributed by atoms with van der Waals surface area (Å²) in [7, 11) is -3.78. The van der Waals surface area contributed by atoms with Crippen LogP contribution in [0.1, 0.15) is 66.2 Å². The van der Waals surface area contributed by atoms with Crippen molar-refractivity contribution < 1.29 is 13.2 Å². The van der Waals surface area contributed by atoms with Crippen LogP contribution in [0.2, 0.25) is 0 Å². The average Bonchev–Trinajstić information content (AvgIpc) is 3.07. The molecule has 2 aromatic rings. The van der Waals surface area contributed by atoms with E-state index in [4.69, 9.17) is 0 Å². The summed E-state index contributed by atoms with van der Waals surface area (Å²) in [6.07, 6.45) is 2.20. The van der Waals surface area contributed by atoms with Crippen molar-refractivity contribution in [3.8, 4) is 0 Å². The van der Waals surface area contributed by atoms with Crippen LogP contribution >= 0.6 is 0 Å². The van der Waals surface area contributed by atoms with Crippen LogP contribution in [0, 0.1) is 0 Å². The summed E-state index contributed by atoms with van der Waals surface area (Å²) in [5.74, 6) is 1.33. The molecule has 0 radical (unpaired) electrons. The molecule has 3 heterocycles. The van der Waals surface area contributed by atoms with E-state index in [0.29, 0.717) is 30.8 Å². The molecule has 2 aliphatic rings. The molecule has 8 nitrogen and oxygen atoms in total. The third-order valence-electron chi connectivity index (χ3n) is 5.02. The number of aromatic nitrogens is 3. The zero-order chi connectivity index (χ0) is 19.2. The number of carbonyl (C=O) groups excluding carboxylic acids is 1. The van der Waals surface area contributed by atoms with Gasteiger partial charge in [0.15, 0.2) is 5.82 Å². The molecule has 0 saturated heterocycles. The molecule has 0 fully saturated rings. The van der Waals surface area contributed by atoms with Crippen LogP contribution in [0.15, 0.2) is 23.1 Å². The fourth-order valence-electron chi connectivity index (χ4n) is 3.54. The molecule has 2 aliphatic heterocycles. The van der Waals surface area contributed by atoms with Crippen LogP contribution in [-0.2, 0) is 23.0 Å². The molecule has 0 aliphatic carbocycles. The van der Waals surface area contributed by atoms with E-state index in [1.807, 2.05) is 13.8 Å². The summed E-state index contributed by atoms with van der Waals surface area (Å²) < 4.78 is 30.4. The monoisotopic (exact) mass is 389 g/mol. The Balaban J connectivity index is 1.63. The highest BCUT2D eigenvalue weighted by Crippen LogP contribution is 2.27. The van der Waals surface area contributed by atoms with Crippen LogP contribution in [0.3, 0.4) is 0 Å². The molecule has 1 atom stereocenters. The smallest absolute Gasteiger partial charge is 0.251 e. The molecule has 1 unspecified atom stereocenters. The zero-order valence-corrected chi connectivity index (χ0v) is 16.2. The van der Waals surface area contributed by atoms with Gasteiger partial charge in [0, 0.05) is 24.6 Å². The molecule has 1 aromatic carbocycles. The summed E-state index contributed by atoms with van der Waals surface area (Å²) in [6.45, 7) is 5.34. The van der Waals surface area contributed by atoms with E-state index >= 15 is 0 Å². The van der Waals surface area contributed by atoms with Gasteiger partial charge in [-0.1, -0.05) is 19.9 Å². The van der Waals surface area contributed by atoms with E-state index < -0.39 is 16.1 Å². The van der Waals surface area contributed by atoms with Crippen LogP contribution in [-0.4, -0.2) is 35.6 Å². The molecule has 0 bridgehead atoms. The zero-order valence-electron chi connectivity index (χ0n) is 15.4. The normalized spacial score (nSPS) is 19.5. The molecule has 0 spiro atoms. The lowest BCUT2D eigenvalue weighted by molar-refractivity contribution is 0.0945. The Hall–Kier alpha value is -2.26. The highest BCUT2D eigenvalue weighted by molar-refractivity contribution is 7.89. The van der Waals surface area contributed by atoms with Crippen molar-refractivity contribution in [1.82, 2.24) is 24.8 Å². The number of amides is 1. The van der Waals surface area contributed by atoms with Gasteiger partial charge in [0.1, 0.15) is 5.82 Å². The molecule has 9 heteroatoms. The number of hydrogen-bond donors (Lipinski definition) is 2. The number of carbonyl (C=O) groups is 1. The lowest BCUT2D eigenvalue weighted by Crippen LogP contribution is -2.34. The maximum absolute atomic E-state index is 12.9. The van der Waals surface area contributed by atoms with Gasteiger partial charge >= 0.3 is 0 Å². The highest BCUT2D eigenvalue weighted by atomic mass is 32.2. The van der Waals surface area contributed by atoms with E-state index in [-0.39, 0.29) is 16.7 Å². The SMILES string of the molecule is CC(C)c1nc2n(n1)CCCC2NS(=O)(=O)c1ccc2c(c1)C(=O)NCC2. The van der Waals surface area contributed by atoms with Crippen molar-refractivity contribution in [3.05, 3.63) is 41.0 Å². The fraction of sp³-hybridized carbons (Fsp3) is 0.500. The average molecular weight is 389 g/mol. The Kier molecular flexibility index (Phi) is 4.51. The second-order valence-corrected chi connectivity index (χ2v) is 9.06. The molecule has 1 aromatic heterocycles. The number of rotatable bonds is 4. The first kappa shape index (κ1) is 18.1. The first-order valence-corrected chi connectivity index (χ1v) is 10.7. The fourth-order valence-corrected chi connectivity index (χ4v) is 4.79. The molecule has 0 saturated carbocycles. The van der Waals surface area contributed by atoms with Crippen molar-refractivity contribution in [2.45, 2.75) is 56.5 Å². The Bertz CT molecular complexity index is 996. The van der Waals surface area contributed by atoms with Crippen molar-refractivity contribution >= 4 is 15.9 Å². The minimum atomic E-state index is -3.78. The van der Waals surface area contributed by atoms with Gasteiger partial charge in [-0.25, -0.2) is 22.8 Å². The van der Waals surface area contributed by atoms with Crippen LogP contribution in [0.5, 0.6) is 0 Å². The summed E-state index contributed by atoms with van der Waals surface area (Å²) in [5.41, 5.74) is 1.30. The van der Waals surface area contributed by atoms with Gasteiger partial charge in [-0.2, -0.15) is 5.10 Å². The van der Waals surface area contributed by atoms with E-state index in [2.05, 4.69) is 20.1 Å². The first-order chi connectivity index (χ1) is 12.8. The minimum Gasteiger partial charge on any atom is -0.352 e. The molecule has 2 N–H and O–H groups in total. The number of aryl methyl sites for hydroxylation is 1. The summed E-state index contributed by atoms with van der Waals surface area (Å²) >= 11 is 0. The van der Waals surface area contributed by atoms with Crippen molar-refractivity contribution in [3.63, 3.8) is 0 Å². The molecular weight excluding hydrogens is 366 g/mol. The number of benzene rings is 1. The Labute approximate surface area is 158 Å². The Morgan fingerprint density at radius 2 is 2.15 bits per heavy atom. The number of sulfonamides is 1. The van der Waals surface area contributed by atoms with Gasteiger partial charge in [0.2, 0.25) is 10.0 Å². The Morgan fingerprint density at radius 1 is 1.33 bits per heavy atom. The van der Waals surface area contributed by atoms with Gasteiger partial charge in [-0.3, -0.25) is 4.79 Å². The predicted molar refractivity (Wildman–Crippen MR) is 98.9 cm³/mol. The molecular formula is C18H23N5O3S. The molecule has 144 valence electrons. The van der Waals surface area contributed by atoms with Gasteiger partial charge < -0.3 is 5.32 Å².